The minimum atomic E-state index is -2.11. The maximum atomic E-state index is 10.6. The molecule has 70 valence electrons. The fourth-order valence-corrected chi connectivity index (χ4v) is 2.89. The van der Waals surface area contributed by atoms with Gasteiger partial charge in [-0.15, -0.1) is 0 Å². The fourth-order valence-electron chi connectivity index (χ4n) is 1.14. The SMILES string of the molecule is C[Si](C)(Cl)c1ccccc1[N+](=O)[O-]. The number of para-hydroxylation sites is 1. The van der Waals surface area contributed by atoms with Crippen molar-refractivity contribution < 1.29 is 4.92 Å². The highest BCUT2D eigenvalue weighted by Gasteiger charge is 2.28. The maximum absolute atomic E-state index is 10.6. The zero-order valence-corrected chi connectivity index (χ0v) is 9.21. The fraction of sp³-hybridized carbons (Fsp3) is 0.250. The lowest BCUT2D eigenvalue weighted by Crippen LogP contribution is -2.36. The Morgan fingerprint density at radius 1 is 1.38 bits per heavy atom. The second-order valence-electron chi connectivity index (χ2n) is 3.25. The molecule has 0 saturated carbocycles. The van der Waals surface area contributed by atoms with E-state index < -0.39 is 7.38 Å². The molecule has 0 aliphatic carbocycles. The first-order valence-electron chi connectivity index (χ1n) is 3.86. The molecule has 0 spiro atoms. The van der Waals surface area contributed by atoms with Crippen molar-refractivity contribution in [1.82, 2.24) is 0 Å². The molecule has 5 heteroatoms. The molecule has 3 nitrogen and oxygen atoms in total. The van der Waals surface area contributed by atoms with Crippen molar-refractivity contribution in [3.05, 3.63) is 34.4 Å². The molecule has 1 aromatic rings. The lowest BCUT2D eigenvalue weighted by molar-refractivity contribution is -0.383. The molecule has 13 heavy (non-hydrogen) atoms. The van der Waals surface area contributed by atoms with E-state index in [1.165, 1.54) is 6.07 Å². The van der Waals surface area contributed by atoms with Crippen LogP contribution in [0.15, 0.2) is 24.3 Å². The quantitative estimate of drug-likeness (QED) is 0.329. The first-order valence-corrected chi connectivity index (χ1v) is 7.87. The van der Waals surface area contributed by atoms with Crippen LogP contribution in [0.1, 0.15) is 0 Å². The van der Waals surface area contributed by atoms with Crippen LogP contribution in [0.3, 0.4) is 0 Å². The number of halogens is 1. The van der Waals surface area contributed by atoms with E-state index in [2.05, 4.69) is 0 Å². The Bertz CT molecular complexity index is 335. The normalized spacial score (nSPS) is 11.3. The third-order valence-corrected chi connectivity index (χ3v) is 4.06. The van der Waals surface area contributed by atoms with E-state index in [0.717, 1.165) is 0 Å². The van der Waals surface area contributed by atoms with E-state index in [1.54, 1.807) is 18.2 Å². The summed E-state index contributed by atoms with van der Waals surface area (Å²) in [6, 6.07) is 6.65. The van der Waals surface area contributed by atoms with Crippen molar-refractivity contribution >= 4 is 29.3 Å². The number of nitro benzene ring substituents is 1. The highest BCUT2D eigenvalue weighted by atomic mass is 35.6. The van der Waals surface area contributed by atoms with Gasteiger partial charge < -0.3 is 0 Å². The van der Waals surface area contributed by atoms with Gasteiger partial charge in [-0.3, -0.25) is 10.1 Å². The van der Waals surface area contributed by atoms with Crippen LogP contribution in [0.2, 0.25) is 13.1 Å². The molecule has 0 N–H and O–H groups in total. The van der Waals surface area contributed by atoms with Crippen LogP contribution in [0.25, 0.3) is 0 Å². The van der Waals surface area contributed by atoms with Gasteiger partial charge in [0.05, 0.1) is 4.92 Å². The van der Waals surface area contributed by atoms with Gasteiger partial charge in [0.2, 0.25) is 0 Å². The highest BCUT2D eigenvalue weighted by Crippen LogP contribution is 2.16. The number of nitrogens with zero attached hydrogens (tertiary/aromatic N) is 1. The molecule has 0 aliphatic heterocycles. The molecule has 0 heterocycles. The summed E-state index contributed by atoms with van der Waals surface area (Å²) in [4.78, 5) is 10.3. The van der Waals surface area contributed by atoms with E-state index >= 15 is 0 Å². The molecule has 1 aromatic carbocycles. The molecule has 1 rings (SSSR count). The summed E-state index contributed by atoms with van der Waals surface area (Å²) < 4.78 is 0. The van der Waals surface area contributed by atoms with E-state index in [-0.39, 0.29) is 10.6 Å². The van der Waals surface area contributed by atoms with Crippen molar-refractivity contribution in [3.8, 4) is 0 Å². The van der Waals surface area contributed by atoms with Crippen molar-refractivity contribution in [2.24, 2.45) is 0 Å². The van der Waals surface area contributed by atoms with Gasteiger partial charge in [0.15, 0.2) is 7.38 Å². The van der Waals surface area contributed by atoms with Gasteiger partial charge in [-0.2, -0.15) is 11.1 Å². The van der Waals surface area contributed by atoms with Crippen molar-refractivity contribution in [3.63, 3.8) is 0 Å². The molecular weight excluding hydrogens is 206 g/mol. The summed E-state index contributed by atoms with van der Waals surface area (Å²) in [7, 11) is -2.11. The Morgan fingerprint density at radius 3 is 2.31 bits per heavy atom. The van der Waals surface area contributed by atoms with Crippen LogP contribution in [0, 0.1) is 10.1 Å². The van der Waals surface area contributed by atoms with Crippen LogP contribution in [0.4, 0.5) is 5.69 Å². The molecule has 0 radical (unpaired) electrons. The number of benzene rings is 1. The number of hydrogen-bond acceptors (Lipinski definition) is 2. The topological polar surface area (TPSA) is 43.1 Å². The smallest absolute Gasteiger partial charge is 0.258 e. The van der Waals surface area contributed by atoms with E-state index in [9.17, 15) is 10.1 Å². The van der Waals surface area contributed by atoms with Crippen LogP contribution in [-0.4, -0.2) is 12.3 Å². The van der Waals surface area contributed by atoms with Gasteiger partial charge in [-0.1, -0.05) is 31.3 Å². The monoisotopic (exact) mass is 215 g/mol. The molecule has 0 atom stereocenters. The summed E-state index contributed by atoms with van der Waals surface area (Å²) in [5.41, 5.74) is 0.133. The van der Waals surface area contributed by atoms with Gasteiger partial charge in [0, 0.05) is 11.3 Å². The standard InChI is InChI=1S/C8H10ClNO2Si/c1-13(2,9)8-6-4-3-5-7(8)10(11)12/h3-6H,1-2H3. The minimum Gasteiger partial charge on any atom is -0.258 e. The van der Waals surface area contributed by atoms with Crippen LogP contribution >= 0.6 is 11.1 Å². The van der Waals surface area contributed by atoms with Gasteiger partial charge in [0.1, 0.15) is 0 Å². The first-order chi connectivity index (χ1) is 5.93. The second kappa shape index (κ2) is 3.47. The zero-order valence-electron chi connectivity index (χ0n) is 7.45. The number of hydrogen-bond donors (Lipinski definition) is 0. The second-order valence-corrected chi connectivity index (χ2v) is 9.57. The van der Waals surface area contributed by atoms with Gasteiger partial charge in [-0.25, -0.2) is 0 Å². The van der Waals surface area contributed by atoms with E-state index in [1.807, 2.05) is 13.1 Å². The molecular formula is C8H10ClNO2Si. The minimum absolute atomic E-state index is 0.133. The predicted octanol–water partition coefficient (Wildman–Crippen LogP) is 2.25. The zero-order chi connectivity index (χ0) is 10.1. The summed E-state index contributed by atoms with van der Waals surface area (Å²) in [6.07, 6.45) is 0. The Balaban J connectivity index is 3.28. The molecule has 0 aliphatic rings. The molecule has 0 bridgehead atoms. The third kappa shape index (κ3) is 2.29. The van der Waals surface area contributed by atoms with Crippen molar-refractivity contribution in [2.45, 2.75) is 13.1 Å². The summed E-state index contributed by atoms with van der Waals surface area (Å²) in [5, 5.41) is 11.3. The van der Waals surface area contributed by atoms with Gasteiger partial charge in [-0.05, 0) is 0 Å². The van der Waals surface area contributed by atoms with Crippen molar-refractivity contribution in [2.75, 3.05) is 0 Å². The molecule has 0 amide bonds. The van der Waals surface area contributed by atoms with Crippen LogP contribution in [0.5, 0.6) is 0 Å². The average molecular weight is 216 g/mol. The van der Waals surface area contributed by atoms with E-state index in [0.29, 0.717) is 5.19 Å². The van der Waals surface area contributed by atoms with Crippen LogP contribution in [-0.2, 0) is 0 Å². The highest BCUT2D eigenvalue weighted by molar-refractivity contribution is 7.26. The lowest BCUT2D eigenvalue weighted by Gasteiger charge is -2.12. The molecule has 0 fully saturated rings. The molecule has 0 aromatic heterocycles. The summed E-state index contributed by atoms with van der Waals surface area (Å²) >= 11 is 6.14. The maximum Gasteiger partial charge on any atom is 0.269 e. The van der Waals surface area contributed by atoms with Gasteiger partial charge in [0.25, 0.3) is 5.69 Å². The van der Waals surface area contributed by atoms with Crippen LogP contribution < -0.4 is 5.19 Å². The largest absolute Gasteiger partial charge is 0.269 e. The molecule has 0 unspecified atom stereocenters. The lowest BCUT2D eigenvalue weighted by atomic mass is 10.3. The van der Waals surface area contributed by atoms with Crippen molar-refractivity contribution in [1.29, 1.82) is 0 Å². The third-order valence-electron chi connectivity index (χ3n) is 1.74. The summed E-state index contributed by atoms with van der Waals surface area (Å²) in [6.45, 7) is 3.74. The Morgan fingerprint density at radius 2 is 1.92 bits per heavy atom. The molecule has 0 saturated heterocycles. The Labute approximate surface area is 82.2 Å². The predicted molar refractivity (Wildman–Crippen MR) is 56.1 cm³/mol. The Hall–Kier alpha value is -0.873. The van der Waals surface area contributed by atoms with Gasteiger partial charge >= 0.3 is 0 Å². The number of nitro groups is 1. The summed E-state index contributed by atoms with van der Waals surface area (Å²) in [5.74, 6) is 0. The van der Waals surface area contributed by atoms with E-state index in [4.69, 9.17) is 11.1 Å². The number of rotatable bonds is 2. The Kier molecular flexibility index (Phi) is 2.73. The average Bonchev–Trinajstić information content (AvgIpc) is 2.03. The first kappa shape index (κ1) is 10.2.